The molecule has 0 unspecified atom stereocenters. The molecule has 0 atom stereocenters. The molecule has 2 aromatic rings. The van der Waals surface area contributed by atoms with Crippen molar-refractivity contribution in [1.82, 2.24) is 20.1 Å². The molecule has 0 fully saturated rings. The number of amides is 1. The maximum Gasteiger partial charge on any atom is 0.242 e. The molecule has 1 aromatic carbocycles. The molecular weight excluding hydrogens is 242 g/mol. The van der Waals surface area contributed by atoms with E-state index in [1.165, 1.54) is 22.1 Å². The van der Waals surface area contributed by atoms with Gasteiger partial charge in [0.05, 0.1) is 0 Å². The third-order valence-electron chi connectivity index (χ3n) is 3.28. The standard InChI is InChI=1S/C13H15N5O/c14-13-15-8-18(17-13)7-12(19)16-11-5-9-3-1-2-4-10(9)6-11/h1-4,8,11H,5-7H2,(H2,14,17)(H,16,19). The average molecular weight is 257 g/mol. The molecule has 6 heteroatoms. The van der Waals surface area contributed by atoms with E-state index in [9.17, 15) is 4.79 Å². The Bertz CT molecular complexity index is 582. The van der Waals surface area contributed by atoms with Crippen LogP contribution in [-0.2, 0) is 24.2 Å². The largest absolute Gasteiger partial charge is 0.367 e. The summed E-state index contributed by atoms with van der Waals surface area (Å²) in [5.41, 5.74) is 8.04. The van der Waals surface area contributed by atoms with Crippen LogP contribution in [0, 0.1) is 0 Å². The van der Waals surface area contributed by atoms with E-state index in [-0.39, 0.29) is 24.4 Å². The zero-order chi connectivity index (χ0) is 13.2. The number of hydrogen-bond acceptors (Lipinski definition) is 4. The van der Waals surface area contributed by atoms with Crippen LogP contribution in [0.3, 0.4) is 0 Å². The van der Waals surface area contributed by atoms with Crippen molar-refractivity contribution in [2.75, 3.05) is 5.73 Å². The Morgan fingerprint density at radius 3 is 2.63 bits per heavy atom. The molecule has 0 saturated heterocycles. The number of carbonyl (C=O) groups is 1. The summed E-state index contributed by atoms with van der Waals surface area (Å²) in [5.74, 6) is 0.115. The minimum Gasteiger partial charge on any atom is -0.367 e. The number of nitrogens with one attached hydrogen (secondary N) is 1. The number of hydrogen-bond donors (Lipinski definition) is 2. The molecule has 0 spiro atoms. The Labute approximate surface area is 110 Å². The lowest BCUT2D eigenvalue weighted by Gasteiger charge is -2.11. The molecule has 98 valence electrons. The molecule has 0 bridgehead atoms. The lowest BCUT2D eigenvalue weighted by Crippen LogP contribution is -2.37. The Balaban J connectivity index is 1.57. The van der Waals surface area contributed by atoms with Gasteiger partial charge in [-0.2, -0.15) is 0 Å². The minimum absolute atomic E-state index is 0.0669. The fraction of sp³-hybridized carbons (Fsp3) is 0.308. The van der Waals surface area contributed by atoms with E-state index in [0.717, 1.165) is 12.8 Å². The average Bonchev–Trinajstić information content (AvgIpc) is 2.94. The number of rotatable bonds is 3. The number of fused-ring (bicyclic) bond motifs is 1. The summed E-state index contributed by atoms with van der Waals surface area (Å²) in [6, 6.07) is 8.45. The number of nitrogens with zero attached hydrogens (tertiary/aromatic N) is 3. The second-order valence-corrected chi connectivity index (χ2v) is 4.74. The first-order valence-electron chi connectivity index (χ1n) is 6.22. The first-order valence-corrected chi connectivity index (χ1v) is 6.22. The van der Waals surface area contributed by atoms with Gasteiger partial charge in [0.15, 0.2) is 0 Å². The maximum absolute atomic E-state index is 11.9. The van der Waals surface area contributed by atoms with Crippen LogP contribution in [0.25, 0.3) is 0 Å². The van der Waals surface area contributed by atoms with Crippen molar-refractivity contribution >= 4 is 11.9 Å². The molecule has 0 aliphatic heterocycles. The van der Waals surface area contributed by atoms with Crippen LogP contribution in [0.4, 0.5) is 5.95 Å². The van der Waals surface area contributed by atoms with Gasteiger partial charge in [-0.3, -0.25) is 4.79 Å². The predicted octanol–water partition coefficient (Wildman–Crippen LogP) is 0.144. The molecule has 1 aliphatic carbocycles. The molecular formula is C13H15N5O. The molecule has 0 saturated carbocycles. The summed E-state index contributed by atoms with van der Waals surface area (Å²) in [7, 11) is 0. The fourth-order valence-electron chi connectivity index (χ4n) is 2.47. The second kappa shape index (κ2) is 4.72. The molecule has 19 heavy (non-hydrogen) atoms. The van der Waals surface area contributed by atoms with Crippen LogP contribution in [0.2, 0.25) is 0 Å². The number of aromatic nitrogens is 3. The van der Waals surface area contributed by atoms with Gasteiger partial charge in [0, 0.05) is 6.04 Å². The van der Waals surface area contributed by atoms with Crippen molar-refractivity contribution in [3.8, 4) is 0 Å². The lowest BCUT2D eigenvalue weighted by molar-refractivity contribution is -0.122. The van der Waals surface area contributed by atoms with Gasteiger partial charge < -0.3 is 11.1 Å². The lowest BCUT2D eigenvalue weighted by atomic mass is 10.1. The van der Waals surface area contributed by atoms with Gasteiger partial charge >= 0.3 is 0 Å². The molecule has 3 rings (SSSR count). The van der Waals surface area contributed by atoms with Crippen molar-refractivity contribution in [2.45, 2.75) is 25.4 Å². The Hall–Kier alpha value is -2.37. The Morgan fingerprint density at radius 1 is 1.37 bits per heavy atom. The van der Waals surface area contributed by atoms with Gasteiger partial charge in [0.25, 0.3) is 0 Å². The Morgan fingerprint density at radius 2 is 2.05 bits per heavy atom. The first kappa shape index (κ1) is 11.7. The number of benzene rings is 1. The molecule has 1 amide bonds. The first-order chi connectivity index (χ1) is 9.20. The number of nitrogen functional groups attached to an aromatic ring is 1. The highest BCUT2D eigenvalue weighted by molar-refractivity contribution is 5.76. The van der Waals surface area contributed by atoms with E-state index < -0.39 is 0 Å². The smallest absolute Gasteiger partial charge is 0.242 e. The monoisotopic (exact) mass is 257 g/mol. The van der Waals surface area contributed by atoms with E-state index in [1.54, 1.807) is 0 Å². The topological polar surface area (TPSA) is 85.8 Å². The summed E-state index contributed by atoms with van der Waals surface area (Å²) in [6.45, 7) is 0.150. The van der Waals surface area contributed by atoms with Crippen LogP contribution < -0.4 is 11.1 Å². The van der Waals surface area contributed by atoms with Crippen molar-refractivity contribution in [3.63, 3.8) is 0 Å². The molecule has 1 aliphatic rings. The summed E-state index contributed by atoms with van der Waals surface area (Å²) in [5, 5.41) is 6.90. The molecule has 1 heterocycles. The number of carbonyl (C=O) groups excluding carboxylic acids is 1. The SMILES string of the molecule is Nc1ncn(CC(=O)NC2Cc3ccccc3C2)n1. The highest BCUT2D eigenvalue weighted by atomic mass is 16.2. The molecule has 3 N–H and O–H groups in total. The van der Waals surface area contributed by atoms with Crippen LogP contribution in [0.15, 0.2) is 30.6 Å². The zero-order valence-electron chi connectivity index (χ0n) is 10.4. The normalized spacial score (nSPS) is 14.3. The quantitative estimate of drug-likeness (QED) is 0.819. The van der Waals surface area contributed by atoms with Crippen LogP contribution in [-0.4, -0.2) is 26.7 Å². The summed E-state index contributed by atoms with van der Waals surface area (Å²) in [4.78, 5) is 15.7. The van der Waals surface area contributed by atoms with Crippen molar-refractivity contribution in [2.24, 2.45) is 0 Å². The van der Waals surface area contributed by atoms with Crippen molar-refractivity contribution in [3.05, 3.63) is 41.7 Å². The van der Waals surface area contributed by atoms with Gasteiger partial charge in [-0.1, -0.05) is 24.3 Å². The van der Waals surface area contributed by atoms with Gasteiger partial charge in [0.1, 0.15) is 12.9 Å². The maximum atomic E-state index is 11.9. The summed E-state index contributed by atoms with van der Waals surface area (Å²) < 4.78 is 1.44. The van der Waals surface area contributed by atoms with E-state index >= 15 is 0 Å². The molecule has 0 radical (unpaired) electrons. The summed E-state index contributed by atoms with van der Waals surface area (Å²) >= 11 is 0. The van der Waals surface area contributed by atoms with E-state index in [1.807, 2.05) is 12.1 Å². The molecule has 6 nitrogen and oxygen atoms in total. The summed E-state index contributed by atoms with van der Waals surface area (Å²) in [6.07, 6.45) is 3.24. The van der Waals surface area contributed by atoms with Crippen LogP contribution in [0.1, 0.15) is 11.1 Å². The fourth-order valence-corrected chi connectivity index (χ4v) is 2.47. The second-order valence-electron chi connectivity index (χ2n) is 4.74. The zero-order valence-corrected chi connectivity index (χ0v) is 10.4. The van der Waals surface area contributed by atoms with Crippen LogP contribution >= 0.6 is 0 Å². The van der Waals surface area contributed by atoms with Gasteiger partial charge in [-0.25, -0.2) is 9.67 Å². The van der Waals surface area contributed by atoms with Crippen molar-refractivity contribution < 1.29 is 4.79 Å². The molecule has 1 aromatic heterocycles. The third-order valence-corrected chi connectivity index (χ3v) is 3.28. The highest BCUT2D eigenvalue weighted by Crippen LogP contribution is 2.21. The predicted molar refractivity (Wildman–Crippen MR) is 70.2 cm³/mol. The van der Waals surface area contributed by atoms with Gasteiger partial charge in [-0.05, 0) is 24.0 Å². The van der Waals surface area contributed by atoms with E-state index in [2.05, 4.69) is 27.5 Å². The van der Waals surface area contributed by atoms with Gasteiger partial charge in [0.2, 0.25) is 11.9 Å². The van der Waals surface area contributed by atoms with Crippen LogP contribution in [0.5, 0.6) is 0 Å². The third kappa shape index (κ3) is 2.57. The van der Waals surface area contributed by atoms with Gasteiger partial charge in [-0.15, -0.1) is 5.10 Å². The van der Waals surface area contributed by atoms with E-state index in [4.69, 9.17) is 5.73 Å². The number of nitrogens with two attached hydrogens (primary N) is 1. The highest BCUT2D eigenvalue weighted by Gasteiger charge is 2.22. The number of anilines is 1. The van der Waals surface area contributed by atoms with Crippen molar-refractivity contribution in [1.29, 1.82) is 0 Å². The van der Waals surface area contributed by atoms with E-state index in [0.29, 0.717) is 0 Å². The minimum atomic E-state index is -0.0669. The Kier molecular flexibility index (Phi) is 2.91.